The van der Waals surface area contributed by atoms with Crippen molar-refractivity contribution in [2.24, 2.45) is 0 Å². The number of aromatic nitrogens is 2. The van der Waals surface area contributed by atoms with E-state index in [4.69, 9.17) is 0 Å². The summed E-state index contributed by atoms with van der Waals surface area (Å²) in [5, 5.41) is 0. The van der Waals surface area contributed by atoms with Crippen LogP contribution in [0.2, 0.25) is 0 Å². The number of carbonyl (C=O) groups excluding carboxylic acids is 1. The Bertz CT molecular complexity index is 401. The highest BCUT2D eigenvalue weighted by Gasteiger charge is 2.01. The summed E-state index contributed by atoms with van der Waals surface area (Å²) in [7, 11) is 0. The number of nitrogens with zero attached hydrogens (tertiary/aromatic N) is 2. The molecule has 1 aromatic rings. The van der Waals surface area contributed by atoms with Crippen LogP contribution in [0.4, 0.5) is 4.39 Å². The molecule has 4 heteroatoms. The minimum absolute atomic E-state index is 0.254. The molecule has 0 aliphatic rings. The van der Waals surface area contributed by atoms with Gasteiger partial charge in [-0.2, -0.15) is 0 Å². The average Bonchev–Trinajstić information content (AvgIpc) is 2.77. The van der Waals surface area contributed by atoms with E-state index >= 15 is 0 Å². The van der Waals surface area contributed by atoms with Crippen LogP contribution in [0.15, 0.2) is 36.1 Å². The van der Waals surface area contributed by atoms with Crippen molar-refractivity contribution >= 4 is 6.29 Å². The first kappa shape index (κ1) is 15.3. The summed E-state index contributed by atoms with van der Waals surface area (Å²) in [6, 6.07) is 0. The van der Waals surface area contributed by atoms with E-state index in [9.17, 15) is 9.18 Å². The molecule has 0 fully saturated rings. The standard InChI is InChI=1S/C11H13FN2O.C2H6/c1-3-10(4-9(2)12)6-14-8-13-5-11(14)7-15;1-2/h3-5,7-8H,6H2,1-2H3;1-2H3/b9-4+,10-3+;. The third-order valence-corrected chi connectivity index (χ3v) is 1.97. The Kier molecular flexibility index (Phi) is 7.59. The predicted octanol–water partition coefficient (Wildman–Crippen LogP) is 3.54. The highest BCUT2D eigenvalue weighted by atomic mass is 19.1. The summed E-state index contributed by atoms with van der Waals surface area (Å²) < 4.78 is 14.3. The molecule has 0 bridgehead atoms. The van der Waals surface area contributed by atoms with Gasteiger partial charge in [0.1, 0.15) is 5.69 Å². The molecule has 1 rings (SSSR count). The van der Waals surface area contributed by atoms with Gasteiger partial charge in [0.15, 0.2) is 6.29 Å². The van der Waals surface area contributed by atoms with Gasteiger partial charge >= 0.3 is 0 Å². The maximum absolute atomic E-state index is 12.7. The van der Waals surface area contributed by atoms with Crippen LogP contribution >= 0.6 is 0 Å². The van der Waals surface area contributed by atoms with Gasteiger partial charge in [0, 0.05) is 6.54 Å². The first-order valence-electron chi connectivity index (χ1n) is 5.61. The summed E-state index contributed by atoms with van der Waals surface area (Å²) in [5.74, 6) is -0.254. The van der Waals surface area contributed by atoms with Crippen LogP contribution in [0.25, 0.3) is 0 Å². The van der Waals surface area contributed by atoms with Crippen molar-refractivity contribution in [1.29, 1.82) is 0 Å². The molecule has 0 saturated carbocycles. The van der Waals surface area contributed by atoms with E-state index in [0.717, 1.165) is 11.9 Å². The maximum Gasteiger partial charge on any atom is 0.168 e. The van der Waals surface area contributed by atoms with E-state index < -0.39 is 0 Å². The van der Waals surface area contributed by atoms with Gasteiger partial charge in [-0.25, -0.2) is 9.37 Å². The Morgan fingerprint density at radius 1 is 1.53 bits per heavy atom. The van der Waals surface area contributed by atoms with Crippen LogP contribution in [0.1, 0.15) is 38.2 Å². The van der Waals surface area contributed by atoms with Crippen molar-refractivity contribution in [1.82, 2.24) is 9.55 Å². The lowest BCUT2D eigenvalue weighted by molar-refractivity contribution is 0.111. The second-order valence-electron chi connectivity index (χ2n) is 3.16. The minimum Gasteiger partial charge on any atom is -0.324 e. The zero-order valence-electron chi connectivity index (χ0n) is 10.8. The van der Waals surface area contributed by atoms with Crippen molar-refractivity contribution in [3.63, 3.8) is 0 Å². The van der Waals surface area contributed by atoms with Crippen molar-refractivity contribution < 1.29 is 9.18 Å². The smallest absolute Gasteiger partial charge is 0.168 e. The molecule has 0 spiro atoms. The lowest BCUT2D eigenvalue weighted by atomic mass is 10.2. The van der Waals surface area contributed by atoms with Crippen LogP contribution in [-0.4, -0.2) is 15.8 Å². The van der Waals surface area contributed by atoms with E-state index in [1.807, 2.05) is 20.8 Å². The third-order valence-electron chi connectivity index (χ3n) is 1.97. The second kappa shape index (κ2) is 8.44. The lowest BCUT2D eigenvalue weighted by Gasteiger charge is -2.04. The molecule has 3 nitrogen and oxygen atoms in total. The first-order chi connectivity index (χ1) is 8.17. The summed E-state index contributed by atoms with van der Waals surface area (Å²) in [4.78, 5) is 14.5. The van der Waals surface area contributed by atoms with Crippen molar-refractivity contribution in [2.45, 2.75) is 34.2 Å². The Hall–Kier alpha value is -1.71. The van der Waals surface area contributed by atoms with Crippen molar-refractivity contribution in [3.8, 4) is 0 Å². The molecule has 0 unspecified atom stereocenters. The fraction of sp³-hybridized carbons (Fsp3) is 0.385. The number of aldehydes is 1. The van der Waals surface area contributed by atoms with Crippen LogP contribution in [0.3, 0.4) is 0 Å². The Morgan fingerprint density at radius 3 is 2.65 bits per heavy atom. The van der Waals surface area contributed by atoms with Crippen molar-refractivity contribution in [2.75, 3.05) is 0 Å². The summed E-state index contributed by atoms with van der Waals surface area (Å²) >= 11 is 0. The van der Waals surface area contributed by atoms with Gasteiger partial charge in [-0.1, -0.05) is 19.9 Å². The zero-order valence-corrected chi connectivity index (χ0v) is 10.8. The zero-order chi connectivity index (χ0) is 13.3. The number of imidazole rings is 1. The fourth-order valence-corrected chi connectivity index (χ4v) is 1.23. The number of carbonyl (C=O) groups is 1. The minimum atomic E-state index is -0.254. The molecule has 0 amide bonds. The van der Waals surface area contributed by atoms with Crippen LogP contribution < -0.4 is 0 Å². The van der Waals surface area contributed by atoms with Crippen molar-refractivity contribution in [3.05, 3.63) is 41.8 Å². The Morgan fingerprint density at radius 2 is 2.18 bits per heavy atom. The molecule has 0 aromatic carbocycles. The first-order valence-corrected chi connectivity index (χ1v) is 5.61. The third kappa shape index (κ3) is 5.24. The topological polar surface area (TPSA) is 34.9 Å². The Labute approximate surface area is 102 Å². The molecule has 0 N–H and O–H groups in total. The number of hydrogen-bond donors (Lipinski definition) is 0. The highest BCUT2D eigenvalue weighted by molar-refractivity contribution is 5.71. The van der Waals surface area contributed by atoms with E-state index in [1.165, 1.54) is 19.2 Å². The monoisotopic (exact) mass is 238 g/mol. The molecule has 0 aliphatic heterocycles. The average molecular weight is 238 g/mol. The van der Waals surface area contributed by atoms with E-state index in [-0.39, 0.29) is 5.83 Å². The van der Waals surface area contributed by atoms with Gasteiger partial charge in [-0.15, -0.1) is 0 Å². The molecule has 1 heterocycles. The van der Waals surface area contributed by atoms with Gasteiger partial charge in [0.2, 0.25) is 0 Å². The van der Waals surface area contributed by atoms with Crippen LogP contribution in [-0.2, 0) is 6.54 Å². The molecule has 17 heavy (non-hydrogen) atoms. The van der Waals surface area contributed by atoms with Gasteiger partial charge in [0.05, 0.1) is 18.4 Å². The predicted molar refractivity (Wildman–Crippen MR) is 67.6 cm³/mol. The molecular formula is C13H19FN2O. The molecule has 0 saturated heterocycles. The molecule has 1 aromatic heterocycles. The van der Waals surface area contributed by atoms with Crippen LogP contribution in [0, 0.1) is 0 Å². The SMILES string of the molecule is C/C=C(\C=C(/C)F)Cn1cncc1C=O.CC. The van der Waals surface area contributed by atoms with Gasteiger partial charge in [-0.3, -0.25) is 4.79 Å². The number of hydrogen-bond acceptors (Lipinski definition) is 2. The fourth-order valence-electron chi connectivity index (χ4n) is 1.23. The highest BCUT2D eigenvalue weighted by Crippen LogP contribution is 2.08. The second-order valence-corrected chi connectivity index (χ2v) is 3.16. The summed E-state index contributed by atoms with van der Waals surface area (Å²) in [5.41, 5.74) is 1.29. The molecule has 0 radical (unpaired) electrons. The molecule has 0 aliphatic carbocycles. The largest absolute Gasteiger partial charge is 0.324 e. The summed E-state index contributed by atoms with van der Waals surface area (Å²) in [6.07, 6.45) is 7.00. The van der Waals surface area contributed by atoms with Gasteiger partial charge < -0.3 is 4.57 Å². The van der Waals surface area contributed by atoms with E-state index in [0.29, 0.717) is 12.2 Å². The van der Waals surface area contributed by atoms with E-state index in [2.05, 4.69) is 4.98 Å². The Balaban J connectivity index is 0.00000121. The van der Waals surface area contributed by atoms with E-state index in [1.54, 1.807) is 17.0 Å². The van der Waals surface area contributed by atoms with Crippen LogP contribution in [0.5, 0.6) is 0 Å². The molecular weight excluding hydrogens is 219 g/mol. The maximum atomic E-state index is 12.7. The number of halogens is 1. The number of rotatable bonds is 4. The lowest BCUT2D eigenvalue weighted by Crippen LogP contribution is -2.02. The molecule has 94 valence electrons. The van der Waals surface area contributed by atoms with Gasteiger partial charge in [-0.05, 0) is 25.5 Å². The quantitative estimate of drug-likeness (QED) is 0.594. The van der Waals surface area contributed by atoms with Gasteiger partial charge in [0.25, 0.3) is 0 Å². The number of allylic oxidation sites excluding steroid dienone is 4. The normalized spacial score (nSPS) is 11.8. The summed E-state index contributed by atoms with van der Waals surface area (Å²) in [6.45, 7) is 7.66. The molecule has 0 atom stereocenters.